The zero-order chi connectivity index (χ0) is 18.3. The van der Waals surface area contributed by atoms with E-state index < -0.39 is 0 Å². The first kappa shape index (κ1) is 17.5. The quantitative estimate of drug-likeness (QED) is 0.700. The van der Waals surface area contributed by atoms with Crippen LogP contribution in [0.5, 0.6) is 0 Å². The highest BCUT2D eigenvalue weighted by molar-refractivity contribution is 7.21. The third kappa shape index (κ3) is 3.23. The lowest BCUT2D eigenvalue weighted by atomic mass is 9.90. The van der Waals surface area contributed by atoms with Crippen LogP contribution in [0.15, 0.2) is 0 Å². The van der Waals surface area contributed by atoms with Crippen LogP contribution in [0.25, 0.3) is 10.2 Å². The van der Waals surface area contributed by atoms with Crippen LogP contribution >= 0.6 is 22.7 Å². The zero-order valence-electron chi connectivity index (χ0n) is 15.1. The number of aryl methyl sites for hydroxylation is 3. The van der Waals surface area contributed by atoms with Crippen molar-refractivity contribution in [2.24, 2.45) is 0 Å². The van der Waals surface area contributed by atoms with Crippen molar-refractivity contribution in [3.8, 4) is 0 Å². The number of anilines is 1. The Morgan fingerprint density at radius 1 is 1.04 bits per heavy atom. The number of carbonyl (C=O) groups excluding carboxylic acids is 1. The molecule has 0 aliphatic heterocycles. The fraction of sp³-hybridized carbons (Fsp3) is 0.500. The fourth-order valence-corrected chi connectivity index (χ4v) is 5.72. The SMILES string of the molecule is Cc1nc(C)c2c(C)c(C(=O)Nc3nnc(C4CCCCC4)s3)sc2n1. The molecule has 3 heterocycles. The molecular formula is C18H21N5OS2. The van der Waals surface area contributed by atoms with Crippen molar-refractivity contribution >= 4 is 43.9 Å². The Bertz CT molecular complexity index is 972. The van der Waals surface area contributed by atoms with E-state index in [1.54, 1.807) is 0 Å². The minimum atomic E-state index is -0.145. The van der Waals surface area contributed by atoms with Crippen LogP contribution in [0.1, 0.15) is 69.8 Å². The van der Waals surface area contributed by atoms with Gasteiger partial charge in [0.2, 0.25) is 5.13 Å². The van der Waals surface area contributed by atoms with Crippen LogP contribution in [-0.2, 0) is 0 Å². The Hall–Kier alpha value is -1.93. The van der Waals surface area contributed by atoms with Crippen LogP contribution < -0.4 is 5.32 Å². The van der Waals surface area contributed by atoms with Crippen LogP contribution in [0.2, 0.25) is 0 Å². The molecule has 0 aromatic carbocycles. The van der Waals surface area contributed by atoms with Crippen molar-refractivity contribution in [3.05, 3.63) is 27.0 Å². The van der Waals surface area contributed by atoms with Crippen molar-refractivity contribution < 1.29 is 4.79 Å². The van der Waals surface area contributed by atoms with Gasteiger partial charge in [-0.3, -0.25) is 10.1 Å². The molecule has 0 saturated heterocycles. The molecule has 26 heavy (non-hydrogen) atoms. The van der Waals surface area contributed by atoms with Gasteiger partial charge in [0.25, 0.3) is 5.91 Å². The van der Waals surface area contributed by atoms with Gasteiger partial charge in [0.15, 0.2) is 0 Å². The number of hydrogen-bond acceptors (Lipinski definition) is 7. The summed E-state index contributed by atoms with van der Waals surface area (Å²) in [4.78, 5) is 23.2. The van der Waals surface area contributed by atoms with Gasteiger partial charge in [-0.15, -0.1) is 21.5 Å². The Kier molecular flexibility index (Phi) is 4.71. The molecule has 0 atom stereocenters. The molecule has 1 aliphatic carbocycles. The minimum absolute atomic E-state index is 0.145. The molecule has 1 aliphatic rings. The number of amides is 1. The van der Waals surface area contributed by atoms with Crippen molar-refractivity contribution in [3.63, 3.8) is 0 Å². The van der Waals surface area contributed by atoms with Crippen molar-refractivity contribution in [1.82, 2.24) is 20.2 Å². The maximum atomic E-state index is 12.8. The summed E-state index contributed by atoms with van der Waals surface area (Å²) >= 11 is 2.91. The Balaban J connectivity index is 1.57. The normalized spacial score (nSPS) is 15.5. The van der Waals surface area contributed by atoms with Gasteiger partial charge in [-0.25, -0.2) is 9.97 Å². The monoisotopic (exact) mass is 387 g/mol. The first-order valence-electron chi connectivity index (χ1n) is 8.92. The number of hydrogen-bond donors (Lipinski definition) is 1. The highest BCUT2D eigenvalue weighted by atomic mass is 32.1. The molecule has 8 heteroatoms. The molecule has 6 nitrogen and oxygen atoms in total. The second kappa shape index (κ2) is 7.00. The second-order valence-electron chi connectivity index (χ2n) is 6.83. The molecule has 1 amide bonds. The van der Waals surface area contributed by atoms with Crippen molar-refractivity contribution in [2.75, 3.05) is 5.32 Å². The number of thiophene rings is 1. The summed E-state index contributed by atoms with van der Waals surface area (Å²) < 4.78 is 0. The summed E-state index contributed by atoms with van der Waals surface area (Å²) in [7, 11) is 0. The number of carbonyl (C=O) groups is 1. The van der Waals surface area contributed by atoms with E-state index in [2.05, 4.69) is 25.5 Å². The fourth-order valence-electron chi connectivity index (χ4n) is 3.64. The summed E-state index contributed by atoms with van der Waals surface area (Å²) in [5, 5.41) is 14.0. The molecule has 1 fully saturated rings. The second-order valence-corrected chi connectivity index (χ2v) is 8.84. The average Bonchev–Trinajstić information content (AvgIpc) is 3.20. The first-order chi connectivity index (χ1) is 12.5. The number of nitrogens with one attached hydrogen (secondary N) is 1. The molecule has 0 unspecified atom stereocenters. The van der Waals surface area contributed by atoms with E-state index in [1.807, 2.05) is 20.8 Å². The van der Waals surface area contributed by atoms with Gasteiger partial charge in [-0.1, -0.05) is 30.6 Å². The van der Waals surface area contributed by atoms with Gasteiger partial charge in [0.1, 0.15) is 15.7 Å². The Morgan fingerprint density at radius 3 is 2.58 bits per heavy atom. The van der Waals surface area contributed by atoms with Crippen LogP contribution in [0.4, 0.5) is 5.13 Å². The highest BCUT2D eigenvalue weighted by Crippen LogP contribution is 2.36. The van der Waals surface area contributed by atoms with Gasteiger partial charge in [-0.2, -0.15) is 0 Å². The predicted molar refractivity (Wildman–Crippen MR) is 105 cm³/mol. The van der Waals surface area contributed by atoms with E-state index in [1.165, 1.54) is 54.8 Å². The maximum Gasteiger partial charge on any atom is 0.267 e. The highest BCUT2D eigenvalue weighted by Gasteiger charge is 2.22. The lowest BCUT2D eigenvalue weighted by molar-refractivity contribution is 0.103. The third-order valence-electron chi connectivity index (χ3n) is 4.90. The minimum Gasteiger partial charge on any atom is -0.296 e. The van der Waals surface area contributed by atoms with E-state index >= 15 is 0 Å². The lowest BCUT2D eigenvalue weighted by Crippen LogP contribution is -2.11. The van der Waals surface area contributed by atoms with E-state index in [-0.39, 0.29) is 5.91 Å². The van der Waals surface area contributed by atoms with E-state index in [0.29, 0.717) is 15.9 Å². The smallest absolute Gasteiger partial charge is 0.267 e. The summed E-state index contributed by atoms with van der Waals surface area (Å²) in [6, 6.07) is 0. The van der Waals surface area contributed by atoms with Crippen LogP contribution in [-0.4, -0.2) is 26.1 Å². The standard InChI is InChI=1S/C18H21N5OS2/c1-9-13-10(2)19-11(3)20-17(13)25-14(9)15(24)21-18-23-22-16(26-18)12-7-5-4-6-8-12/h12H,4-8H2,1-3H3,(H,21,23,24). The first-order valence-corrected chi connectivity index (χ1v) is 10.6. The van der Waals surface area contributed by atoms with Gasteiger partial charge < -0.3 is 0 Å². The summed E-state index contributed by atoms with van der Waals surface area (Å²) in [5.41, 5.74) is 1.84. The Labute approximate surface area is 160 Å². The lowest BCUT2D eigenvalue weighted by Gasteiger charge is -2.18. The average molecular weight is 388 g/mol. The summed E-state index contributed by atoms with van der Waals surface area (Å²) in [5.74, 6) is 1.08. The topological polar surface area (TPSA) is 80.7 Å². The zero-order valence-corrected chi connectivity index (χ0v) is 16.8. The van der Waals surface area contributed by atoms with E-state index in [4.69, 9.17) is 0 Å². The van der Waals surface area contributed by atoms with Gasteiger partial charge in [-0.05, 0) is 39.2 Å². The van der Waals surface area contributed by atoms with Crippen molar-refractivity contribution in [2.45, 2.75) is 58.8 Å². The van der Waals surface area contributed by atoms with Crippen LogP contribution in [0.3, 0.4) is 0 Å². The maximum absolute atomic E-state index is 12.8. The molecule has 3 aromatic rings. The summed E-state index contributed by atoms with van der Waals surface area (Å²) in [6.07, 6.45) is 6.18. The molecule has 3 aromatic heterocycles. The van der Waals surface area contributed by atoms with Crippen LogP contribution in [0, 0.1) is 20.8 Å². The number of nitrogens with zero attached hydrogens (tertiary/aromatic N) is 4. The molecular weight excluding hydrogens is 366 g/mol. The largest absolute Gasteiger partial charge is 0.296 e. The third-order valence-corrected chi connectivity index (χ3v) is 7.09. The molecule has 0 spiro atoms. The Morgan fingerprint density at radius 2 is 1.81 bits per heavy atom. The molecule has 1 N–H and O–H groups in total. The molecule has 1 saturated carbocycles. The van der Waals surface area contributed by atoms with Crippen molar-refractivity contribution in [1.29, 1.82) is 0 Å². The molecule has 4 rings (SSSR count). The summed E-state index contributed by atoms with van der Waals surface area (Å²) in [6.45, 7) is 5.78. The number of rotatable bonds is 3. The van der Waals surface area contributed by atoms with E-state index in [9.17, 15) is 4.79 Å². The number of fused-ring (bicyclic) bond motifs is 1. The van der Waals surface area contributed by atoms with Gasteiger partial charge >= 0.3 is 0 Å². The molecule has 0 radical (unpaired) electrons. The van der Waals surface area contributed by atoms with Gasteiger partial charge in [0.05, 0.1) is 4.88 Å². The predicted octanol–water partition coefficient (Wildman–Crippen LogP) is 4.77. The van der Waals surface area contributed by atoms with Gasteiger partial charge in [0, 0.05) is 17.0 Å². The number of aromatic nitrogens is 4. The van der Waals surface area contributed by atoms with E-state index in [0.717, 1.165) is 32.3 Å². The molecule has 136 valence electrons. The molecule has 0 bridgehead atoms.